The summed E-state index contributed by atoms with van der Waals surface area (Å²) in [5, 5.41) is -1.14. The summed E-state index contributed by atoms with van der Waals surface area (Å²) < 4.78 is 21.5. The van der Waals surface area contributed by atoms with Crippen LogP contribution in [0.2, 0.25) is 0 Å². The van der Waals surface area contributed by atoms with Crippen LogP contribution in [0.3, 0.4) is 0 Å². The van der Waals surface area contributed by atoms with Crippen LogP contribution in [0.4, 0.5) is 0 Å². The van der Waals surface area contributed by atoms with Gasteiger partial charge in [-0.25, -0.2) is 8.42 Å². The Bertz CT molecular complexity index is 349. The van der Waals surface area contributed by atoms with E-state index in [-0.39, 0.29) is 0 Å². The lowest BCUT2D eigenvalue weighted by Gasteiger charge is -2.06. The van der Waals surface area contributed by atoms with E-state index in [9.17, 15) is 8.42 Å². The summed E-state index contributed by atoms with van der Waals surface area (Å²) in [6, 6.07) is 8.42. The summed E-state index contributed by atoms with van der Waals surface area (Å²) in [4.78, 5) is 0. The van der Waals surface area contributed by atoms with Gasteiger partial charge in [-0.15, -0.1) is 0 Å². The first-order valence-corrected chi connectivity index (χ1v) is 5.63. The van der Waals surface area contributed by atoms with E-state index in [0.717, 1.165) is 0 Å². The van der Waals surface area contributed by atoms with Gasteiger partial charge in [0, 0.05) is 10.7 Å². The number of benzene rings is 1. The second-order valence-electron chi connectivity index (χ2n) is 2.31. The second kappa shape index (κ2) is 3.43. The maximum absolute atomic E-state index is 10.8. The Balaban J connectivity index is 3.02. The van der Waals surface area contributed by atoms with Gasteiger partial charge in [0.25, 0.3) is 9.05 Å². The molecule has 0 aliphatic heterocycles. The average molecular weight is 206 g/mol. The lowest BCUT2D eigenvalue weighted by Crippen LogP contribution is -2.16. The van der Waals surface area contributed by atoms with Crippen molar-refractivity contribution in [2.24, 2.45) is 5.73 Å². The Kier molecular flexibility index (Phi) is 2.72. The lowest BCUT2D eigenvalue weighted by molar-refractivity contribution is 0.598. The zero-order chi connectivity index (χ0) is 9.19. The van der Waals surface area contributed by atoms with Crippen molar-refractivity contribution in [2.45, 2.75) is 5.37 Å². The number of hydrogen-bond donors (Lipinski definition) is 1. The third-order valence-electron chi connectivity index (χ3n) is 1.43. The van der Waals surface area contributed by atoms with Crippen LogP contribution in [-0.4, -0.2) is 8.42 Å². The van der Waals surface area contributed by atoms with Crippen molar-refractivity contribution < 1.29 is 8.42 Å². The molecule has 0 aromatic heterocycles. The summed E-state index contributed by atoms with van der Waals surface area (Å²) >= 11 is 0. The largest absolute Gasteiger partial charge is 0.310 e. The minimum Gasteiger partial charge on any atom is -0.310 e. The van der Waals surface area contributed by atoms with Gasteiger partial charge >= 0.3 is 0 Å². The van der Waals surface area contributed by atoms with E-state index in [2.05, 4.69) is 0 Å². The molecule has 3 nitrogen and oxygen atoms in total. The first-order valence-electron chi connectivity index (χ1n) is 3.26. The molecular formula is C7H8ClNO2S. The Morgan fingerprint density at radius 2 is 1.75 bits per heavy atom. The van der Waals surface area contributed by atoms with Gasteiger partial charge in [-0.2, -0.15) is 0 Å². The van der Waals surface area contributed by atoms with E-state index in [1.807, 2.05) is 0 Å². The van der Waals surface area contributed by atoms with E-state index in [4.69, 9.17) is 16.4 Å². The van der Waals surface area contributed by atoms with Crippen molar-refractivity contribution >= 4 is 19.7 Å². The molecule has 0 radical (unpaired) electrons. The summed E-state index contributed by atoms with van der Waals surface area (Å²) in [6.45, 7) is 0. The van der Waals surface area contributed by atoms with E-state index < -0.39 is 14.4 Å². The predicted octanol–water partition coefficient (Wildman–Crippen LogP) is 1.21. The zero-order valence-corrected chi connectivity index (χ0v) is 7.72. The Morgan fingerprint density at radius 3 is 2.17 bits per heavy atom. The summed E-state index contributed by atoms with van der Waals surface area (Å²) in [5.41, 5.74) is 5.85. The fourth-order valence-electron chi connectivity index (χ4n) is 0.805. The predicted molar refractivity (Wildman–Crippen MR) is 48.1 cm³/mol. The Labute approximate surface area is 75.6 Å². The Hall–Kier alpha value is -0.580. The molecule has 1 aromatic rings. The highest BCUT2D eigenvalue weighted by molar-refractivity contribution is 8.13. The van der Waals surface area contributed by atoms with Gasteiger partial charge < -0.3 is 5.73 Å². The van der Waals surface area contributed by atoms with E-state index >= 15 is 0 Å². The summed E-state index contributed by atoms with van der Waals surface area (Å²) in [6.07, 6.45) is 0. The third-order valence-corrected chi connectivity index (χ3v) is 2.89. The highest BCUT2D eigenvalue weighted by Gasteiger charge is 2.19. The van der Waals surface area contributed by atoms with Crippen molar-refractivity contribution in [3.05, 3.63) is 35.9 Å². The molecule has 1 unspecified atom stereocenters. The molecule has 2 N–H and O–H groups in total. The van der Waals surface area contributed by atoms with Crippen LogP contribution < -0.4 is 5.73 Å². The summed E-state index contributed by atoms with van der Waals surface area (Å²) in [5.74, 6) is 0. The third kappa shape index (κ3) is 2.20. The molecule has 0 saturated carbocycles. The van der Waals surface area contributed by atoms with E-state index in [1.165, 1.54) is 0 Å². The van der Waals surface area contributed by atoms with Crippen LogP contribution in [0, 0.1) is 0 Å². The van der Waals surface area contributed by atoms with Crippen LogP contribution >= 0.6 is 10.7 Å². The Morgan fingerprint density at radius 1 is 1.25 bits per heavy atom. The smallest absolute Gasteiger partial charge is 0.252 e. The molecule has 1 atom stereocenters. The second-order valence-corrected chi connectivity index (χ2v) is 5.06. The topological polar surface area (TPSA) is 60.2 Å². The molecule has 12 heavy (non-hydrogen) atoms. The average Bonchev–Trinajstić information content (AvgIpc) is 2.03. The van der Waals surface area contributed by atoms with Gasteiger partial charge in [0.2, 0.25) is 0 Å². The van der Waals surface area contributed by atoms with Crippen LogP contribution in [-0.2, 0) is 9.05 Å². The SMILES string of the molecule is NC(c1ccccc1)S(=O)(=O)Cl. The highest BCUT2D eigenvalue weighted by Crippen LogP contribution is 2.19. The van der Waals surface area contributed by atoms with E-state index in [1.54, 1.807) is 30.3 Å². The molecule has 1 rings (SSSR count). The van der Waals surface area contributed by atoms with Crippen molar-refractivity contribution in [3.63, 3.8) is 0 Å². The first-order chi connectivity index (χ1) is 5.52. The van der Waals surface area contributed by atoms with Gasteiger partial charge in [0.15, 0.2) is 0 Å². The molecule has 1 aromatic carbocycles. The molecule has 0 spiro atoms. The normalized spacial score (nSPS) is 14.2. The molecule has 0 saturated heterocycles. The van der Waals surface area contributed by atoms with Crippen molar-refractivity contribution in [3.8, 4) is 0 Å². The van der Waals surface area contributed by atoms with Crippen LogP contribution in [0.15, 0.2) is 30.3 Å². The molecule has 0 aliphatic rings. The molecule has 0 aliphatic carbocycles. The number of rotatable bonds is 2. The van der Waals surface area contributed by atoms with Gasteiger partial charge in [0.1, 0.15) is 5.37 Å². The van der Waals surface area contributed by atoms with Crippen LogP contribution in [0.25, 0.3) is 0 Å². The standard InChI is InChI=1S/C7H8ClNO2S/c8-12(10,11)7(9)6-4-2-1-3-5-6/h1-5,7H,9H2. The van der Waals surface area contributed by atoms with Gasteiger partial charge in [-0.3, -0.25) is 0 Å². The molecule has 0 bridgehead atoms. The molecule has 0 heterocycles. The summed E-state index contributed by atoms with van der Waals surface area (Å²) in [7, 11) is 1.36. The quantitative estimate of drug-likeness (QED) is 0.739. The monoisotopic (exact) mass is 205 g/mol. The highest BCUT2D eigenvalue weighted by atomic mass is 35.7. The fraction of sp³-hybridized carbons (Fsp3) is 0.143. The number of nitrogens with two attached hydrogens (primary N) is 1. The molecule has 66 valence electrons. The minimum absolute atomic E-state index is 0.493. The number of hydrogen-bond acceptors (Lipinski definition) is 3. The first kappa shape index (κ1) is 9.51. The van der Waals surface area contributed by atoms with Gasteiger partial charge in [0.05, 0.1) is 0 Å². The van der Waals surface area contributed by atoms with Crippen molar-refractivity contribution in [2.75, 3.05) is 0 Å². The number of halogens is 1. The maximum Gasteiger partial charge on any atom is 0.252 e. The van der Waals surface area contributed by atoms with Crippen molar-refractivity contribution in [1.29, 1.82) is 0 Å². The maximum atomic E-state index is 10.8. The van der Waals surface area contributed by atoms with Gasteiger partial charge in [-0.1, -0.05) is 30.3 Å². The fourth-order valence-corrected chi connectivity index (χ4v) is 1.60. The van der Waals surface area contributed by atoms with Gasteiger partial charge in [-0.05, 0) is 5.56 Å². The molecule has 0 fully saturated rings. The molecule has 5 heteroatoms. The minimum atomic E-state index is -3.71. The molecular weight excluding hydrogens is 198 g/mol. The lowest BCUT2D eigenvalue weighted by atomic mass is 10.2. The molecule has 0 amide bonds. The van der Waals surface area contributed by atoms with Crippen molar-refractivity contribution in [1.82, 2.24) is 0 Å². The zero-order valence-electron chi connectivity index (χ0n) is 6.14. The van der Waals surface area contributed by atoms with Crippen LogP contribution in [0.1, 0.15) is 10.9 Å². The van der Waals surface area contributed by atoms with E-state index in [0.29, 0.717) is 5.56 Å². The van der Waals surface area contributed by atoms with Crippen LogP contribution in [0.5, 0.6) is 0 Å².